The first-order valence-electron chi connectivity index (χ1n) is 12.1. The van der Waals surface area contributed by atoms with E-state index < -0.39 is 0 Å². The molecule has 0 radical (unpaired) electrons. The lowest BCUT2D eigenvalue weighted by Gasteiger charge is -2.34. The highest BCUT2D eigenvalue weighted by Crippen LogP contribution is 2.36. The van der Waals surface area contributed by atoms with E-state index in [0.717, 1.165) is 22.6 Å². The average Bonchev–Trinajstić information content (AvgIpc) is 3.54. The summed E-state index contributed by atoms with van der Waals surface area (Å²) in [5.41, 5.74) is 3.81. The van der Waals surface area contributed by atoms with Crippen LogP contribution in [0.25, 0.3) is 17.0 Å². The fourth-order valence-electron chi connectivity index (χ4n) is 4.60. The second-order valence-electron chi connectivity index (χ2n) is 10.1. The van der Waals surface area contributed by atoms with Crippen molar-refractivity contribution in [3.8, 4) is 22.8 Å². The lowest BCUT2D eigenvalue weighted by atomic mass is 9.86. The Balaban J connectivity index is 1.18. The molecule has 0 bridgehead atoms. The molecule has 6 rings (SSSR count). The first-order valence-corrected chi connectivity index (χ1v) is 12.1. The third kappa shape index (κ3) is 4.00. The molecule has 36 heavy (non-hydrogen) atoms. The van der Waals surface area contributed by atoms with Crippen LogP contribution in [0.2, 0.25) is 0 Å². The van der Waals surface area contributed by atoms with Crippen LogP contribution in [-0.2, 0) is 5.41 Å². The number of amides is 1. The average molecular weight is 485 g/mol. The summed E-state index contributed by atoms with van der Waals surface area (Å²) in [5.74, 6) is 2.65. The van der Waals surface area contributed by atoms with Crippen molar-refractivity contribution in [1.29, 1.82) is 0 Å². The Labute approximate surface area is 209 Å². The van der Waals surface area contributed by atoms with Crippen molar-refractivity contribution in [3.63, 3.8) is 0 Å². The zero-order chi connectivity index (χ0) is 24.9. The number of ether oxygens (including phenoxy) is 2. The van der Waals surface area contributed by atoms with Crippen LogP contribution in [0.5, 0.6) is 11.5 Å². The molecule has 0 N–H and O–H groups in total. The van der Waals surface area contributed by atoms with Crippen molar-refractivity contribution in [1.82, 2.24) is 24.5 Å². The monoisotopic (exact) mass is 484 g/mol. The molecule has 1 saturated heterocycles. The molecule has 4 heterocycles. The van der Waals surface area contributed by atoms with Gasteiger partial charge in [0.25, 0.3) is 11.7 Å². The third-order valence-electron chi connectivity index (χ3n) is 6.75. The predicted molar refractivity (Wildman–Crippen MR) is 136 cm³/mol. The van der Waals surface area contributed by atoms with Gasteiger partial charge < -0.3 is 19.3 Å². The van der Waals surface area contributed by atoms with Gasteiger partial charge in [0.2, 0.25) is 12.7 Å². The number of aromatic nitrogens is 4. The number of piperazine rings is 1. The standard InChI is InChI=1S/C27H28N6O3/c1-27(2,3)20-7-4-18(5-8-20)24(34)31-12-14-32(15-13-31)26-29-25-28-11-10-21(33(25)30-26)19-6-9-22-23(16-19)36-17-35-22/h4-11,16H,12-15,17H2,1-3H3. The number of carbonyl (C=O) groups is 1. The number of anilines is 1. The molecule has 1 fully saturated rings. The van der Waals surface area contributed by atoms with Gasteiger partial charge in [0.05, 0.1) is 5.69 Å². The Morgan fingerprint density at radius 1 is 0.917 bits per heavy atom. The largest absolute Gasteiger partial charge is 0.454 e. The van der Waals surface area contributed by atoms with Gasteiger partial charge in [-0.1, -0.05) is 32.9 Å². The Hall–Kier alpha value is -4.14. The SMILES string of the molecule is CC(C)(C)c1ccc(C(=O)N2CCN(c3nc4nccc(-c5ccc6c(c5)OCO6)n4n3)CC2)cc1. The van der Waals surface area contributed by atoms with E-state index in [4.69, 9.17) is 14.6 Å². The van der Waals surface area contributed by atoms with Gasteiger partial charge in [0, 0.05) is 43.5 Å². The van der Waals surface area contributed by atoms with Crippen LogP contribution in [-0.4, -0.2) is 63.4 Å². The van der Waals surface area contributed by atoms with Crippen molar-refractivity contribution < 1.29 is 14.3 Å². The number of fused-ring (bicyclic) bond motifs is 2. The number of hydrogen-bond donors (Lipinski definition) is 0. The van der Waals surface area contributed by atoms with Crippen LogP contribution in [0.3, 0.4) is 0 Å². The topological polar surface area (TPSA) is 85.1 Å². The number of carbonyl (C=O) groups excluding carboxylic acids is 1. The normalized spacial score (nSPS) is 15.5. The highest BCUT2D eigenvalue weighted by Gasteiger charge is 2.25. The first-order chi connectivity index (χ1) is 17.4. The van der Waals surface area contributed by atoms with Crippen LogP contribution in [0, 0.1) is 0 Å². The van der Waals surface area contributed by atoms with Crippen LogP contribution >= 0.6 is 0 Å². The van der Waals surface area contributed by atoms with Crippen LogP contribution in [0.4, 0.5) is 5.95 Å². The van der Waals surface area contributed by atoms with Crippen LogP contribution in [0.1, 0.15) is 36.7 Å². The van der Waals surface area contributed by atoms with E-state index in [-0.39, 0.29) is 18.1 Å². The van der Waals surface area contributed by atoms with E-state index in [1.807, 2.05) is 41.3 Å². The third-order valence-corrected chi connectivity index (χ3v) is 6.75. The molecular weight excluding hydrogens is 456 g/mol. The summed E-state index contributed by atoms with van der Waals surface area (Å²) in [5, 5.41) is 4.76. The van der Waals surface area contributed by atoms with Gasteiger partial charge in [0.1, 0.15) is 0 Å². The zero-order valence-electron chi connectivity index (χ0n) is 20.6. The van der Waals surface area contributed by atoms with Crippen molar-refractivity contribution >= 4 is 17.6 Å². The van der Waals surface area contributed by atoms with E-state index >= 15 is 0 Å². The number of nitrogens with zero attached hydrogens (tertiary/aromatic N) is 6. The summed E-state index contributed by atoms with van der Waals surface area (Å²) >= 11 is 0. The Morgan fingerprint density at radius 3 is 2.42 bits per heavy atom. The molecule has 184 valence electrons. The molecule has 0 spiro atoms. The maximum atomic E-state index is 13.1. The number of hydrogen-bond acceptors (Lipinski definition) is 7. The minimum atomic E-state index is 0.0600. The van der Waals surface area contributed by atoms with E-state index in [1.54, 1.807) is 10.7 Å². The Kier molecular flexibility index (Phi) is 5.28. The van der Waals surface area contributed by atoms with Crippen molar-refractivity contribution in [3.05, 3.63) is 65.9 Å². The highest BCUT2D eigenvalue weighted by atomic mass is 16.7. The molecule has 0 unspecified atom stereocenters. The molecule has 9 nitrogen and oxygen atoms in total. The van der Waals surface area contributed by atoms with Crippen LogP contribution in [0.15, 0.2) is 54.7 Å². The van der Waals surface area contributed by atoms with Gasteiger partial charge >= 0.3 is 0 Å². The summed E-state index contributed by atoms with van der Waals surface area (Å²) in [4.78, 5) is 26.1. The van der Waals surface area contributed by atoms with Crippen molar-refractivity contribution in [2.75, 3.05) is 37.9 Å². The molecule has 0 saturated carbocycles. The van der Waals surface area contributed by atoms with E-state index in [0.29, 0.717) is 43.7 Å². The fourth-order valence-corrected chi connectivity index (χ4v) is 4.60. The molecule has 0 atom stereocenters. The lowest BCUT2D eigenvalue weighted by molar-refractivity contribution is 0.0746. The molecule has 0 aliphatic carbocycles. The smallest absolute Gasteiger partial charge is 0.254 e. The fraction of sp³-hybridized carbons (Fsp3) is 0.333. The molecule has 2 aromatic heterocycles. The van der Waals surface area contributed by atoms with E-state index in [9.17, 15) is 4.79 Å². The summed E-state index contributed by atoms with van der Waals surface area (Å²) in [7, 11) is 0. The molecule has 9 heteroatoms. The van der Waals surface area contributed by atoms with Gasteiger partial charge in [-0.2, -0.15) is 9.50 Å². The van der Waals surface area contributed by atoms with Gasteiger partial charge in [-0.3, -0.25) is 4.79 Å². The summed E-state index contributed by atoms with van der Waals surface area (Å²) in [6.45, 7) is 9.27. The second kappa shape index (κ2) is 8.51. The predicted octanol–water partition coefficient (Wildman–Crippen LogP) is 3.78. The first kappa shape index (κ1) is 22.3. The van der Waals surface area contributed by atoms with Gasteiger partial charge in [-0.25, -0.2) is 4.98 Å². The number of rotatable bonds is 3. The zero-order valence-corrected chi connectivity index (χ0v) is 20.6. The minimum Gasteiger partial charge on any atom is -0.454 e. The maximum absolute atomic E-state index is 13.1. The van der Waals surface area contributed by atoms with Gasteiger partial charge in [-0.15, -0.1) is 5.10 Å². The second-order valence-corrected chi connectivity index (χ2v) is 10.1. The Morgan fingerprint density at radius 2 is 1.67 bits per heavy atom. The van der Waals surface area contributed by atoms with E-state index in [2.05, 4.69) is 47.8 Å². The quantitative estimate of drug-likeness (QED) is 0.438. The highest BCUT2D eigenvalue weighted by molar-refractivity contribution is 5.94. The summed E-state index contributed by atoms with van der Waals surface area (Å²) in [6.07, 6.45) is 1.73. The molecule has 2 aliphatic heterocycles. The van der Waals surface area contributed by atoms with Gasteiger partial charge in [0.15, 0.2) is 11.5 Å². The molecular formula is C27H28N6O3. The minimum absolute atomic E-state index is 0.0600. The van der Waals surface area contributed by atoms with Crippen molar-refractivity contribution in [2.45, 2.75) is 26.2 Å². The van der Waals surface area contributed by atoms with Crippen LogP contribution < -0.4 is 14.4 Å². The lowest BCUT2D eigenvalue weighted by Crippen LogP contribution is -2.49. The molecule has 1 amide bonds. The summed E-state index contributed by atoms with van der Waals surface area (Å²) < 4.78 is 12.7. The molecule has 2 aliphatic rings. The number of benzene rings is 2. The maximum Gasteiger partial charge on any atom is 0.254 e. The Bertz CT molecular complexity index is 1430. The van der Waals surface area contributed by atoms with Crippen molar-refractivity contribution in [2.24, 2.45) is 0 Å². The molecule has 2 aromatic carbocycles. The summed E-state index contributed by atoms with van der Waals surface area (Å²) in [6, 6.07) is 15.7. The van der Waals surface area contributed by atoms with Gasteiger partial charge in [-0.05, 0) is 47.4 Å². The molecule has 4 aromatic rings. The van der Waals surface area contributed by atoms with E-state index in [1.165, 1.54) is 5.56 Å².